The van der Waals surface area contributed by atoms with Gasteiger partial charge >= 0.3 is 0 Å². The van der Waals surface area contributed by atoms with Crippen LogP contribution in [0.5, 0.6) is 0 Å². The van der Waals surface area contributed by atoms with Gasteiger partial charge in [0.25, 0.3) is 0 Å². The number of aryl methyl sites for hydroxylation is 1. The second kappa shape index (κ2) is 4.82. The fourth-order valence-electron chi connectivity index (χ4n) is 2.05. The van der Waals surface area contributed by atoms with E-state index in [1.807, 2.05) is 18.4 Å². The largest absolute Gasteiger partial charge is 0.379 e. The molecule has 0 saturated carbocycles. The quantitative estimate of drug-likeness (QED) is 0.881. The Kier molecular flexibility index (Phi) is 3.62. The summed E-state index contributed by atoms with van der Waals surface area (Å²) < 4.78 is 19.9. The first-order valence-electron chi connectivity index (χ1n) is 5.63. The van der Waals surface area contributed by atoms with Crippen molar-refractivity contribution in [2.75, 3.05) is 19.8 Å². The van der Waals surface area contributed by atoms with Gasteiger partial charge < -0.3 is 10.1 Å². The Hall–Kier alpha value is -0.450. The molecule has 2 atom stereocenters. The molecule has 2 rings (SSSR count). The molecular weight excluding hydrogens is 225 g/mol. The van der Waals surface area contributed by atoms with Gasteiger partial charge in [0.1, 0.15) is 5.67 Å². The Morgan fingerprint density at radius 1 is 1.69 bits per heavy atom. The van der Waals surface area contributed by atoms with E-state index in [0.29, 0.717) is 13.0 Å². The number of rotatable bonds is 3. The van der Waals surface area contributed by atoms with E-state index in [4.69, 9.17) is 4.74 Å². The van der Waals surface area contributed by atoms with Crippen molar-refractivity contribution in [2.24, 2.45) is 0 Å². The van der Waals surface area contributed by atoms with Crippen molar-refractivity contribution in [3.8, 4) is 0 Å². The molecule has 2 heterocycles. The number of ether oxygens (including phenoxy) is 1. The van der Waals surface area contributed by atoms with Crippen LogP contribution in [0.1, 0.15) is 23.8 Å². The molecule has 90 valence electrons. The molecule has 0 spiro atoms. The minimum Gasteiger partial charge on any atom is -0.379 e. The molecule has 2 unspecified atom stereocenters. The van der Waals surface area contributed by atoms with E-state index >= 15 is 0 Å². The molecule has 1 aliphatic rings. The van der Waals surface area contributed by atoms with E-state index in [2.05, 4.69) is 5.32 Å². The monoisotopic (exact) mass is 243 g/mol. The summed E-state index contributed by atoms with van der Waals surface area (Å²) in [6.07, 6.45) is 0.475. The highest BCUT2D eigenvalue weighted by atomic mass is 32.1. The van der Waals surface area contributed by atoms with Crippen LogP contribution < -0.4 is 5.32 Å². The predicted molar refractivity (Wildman–Crippen MR) is 64.7 cm³/mol. The van der Waals surface area contributed by atoms with Gasteiger partial charge in [-0.3, -0.25) is 0 Å². The van der Waals surface area contributed by atoms with Gasteiger partial charge in [-0.2, -0.15) is 0 Å². The minimum absolute atomic E-state index is 0.129. The van der Waals surface area contributed by atoms with E-state index < -0.39 is 5.67 Å². The van der Waals surface area contributed by atoms with Gasteiger partial charge in [-0.25, -0.2) is 4.39 Å². The molecule has 1 aromatic rings. The number of hydrogen-bond donors (Lipinski definition) is 1. The molecule has 0 radical (unpaired) electrons. The average molecular weight is 243 g/mol. The van der Waals surface area contributed by atoms with Crippen LogP contribution in [0.4, 0.5) is 4.39 Å². The molecular formula is C12H18FNOS. The molecule has 16 heavy (non-hydrogen) atoms. The summed E-state index contributed by atoms with van der Waals surface area (Å²) in [4.78, 5) is 1.16. The zero-order valence-electron chi connectivity index (χ0n) is 9.75. The van der Waals surface area contributed by atoms with Crippen LogP contribution in [0, 0.1) is 6.92 Å². The van der Waals surface area contributed by atoms with Gasteiger partial charge in [-0.05, 0) is 30.9 Å². The van der Waals surface area contributed by atoms with Crippen molar-refractivity contribution in [3.63, 3.8) is 0 Å². The van der Waals surface area contributed by atoms with Crippen LogP contribution in [0.2, 0.25) is 0 Å². The third kappa shape index (κ3) is 2.81. The Morgan fingerprint density at radius 3 is 3.06 bits per heavy atom. The zero-order valence-corrected chi connectivity index (χ0v) is 10.6. The van der Waals surface area contributed by atoms with Gasteiger partial charge in [0.05, 0.1) is 13.2 Å². The fraction of sp³-hybridized carbons (Fsp3) is 0.667. The standard InChI is InChI=1S/C12H18FNOS/c1-9-5-10(8-16-9)12(2,13)6-11-7-15-4-3-14-11/h5,8,11,14H,3-4,6-7H2,1-2H3. The summed E-state index contributed by atoms with van der Waals surface area (Å²) in [6.45, 7) is 5.83. The second-order valence-corrected chi connectivity index (χ2v) is 5.69. The van der Waals surface area contributed by atoms with Gasteiger partial charge in [0.2, 0.25) is 0 Å². The minimum atomic E-state index is -1.26. The summed E-state index contributed by atoms with van der Waals surface area (Å²) in [5.41, 5.74) is -0.467. The molecule has 0 amide bonds. The second-order valence-electron chi connectivity index (χ2n) is 4.57. The van der Waals surface area contributed by atoms with Crippen molar-refractivity contribution in [1.29, 1.82) is 0 Å². The maximum Gasteiger partial charge on any atom is 0.135 e. The van der Waals surface area contributed by atoms with E-state index in [1.54, 1.807) is 18.3 Å². The smallest absolute Gasteiger partial charge is 0.135 e. The SMILES string of the molecule is Cc1cc(C(C)(F)CC2COCCN2)cs1. The van der Waals surface area contributed by atoms with Crippen LogP contribution in [0.25, 0.3) is 0 Å². The molecule has 2 nitrogen and oxygen atoms in total. The number of morpholine rings is 1. The molecule has 0 aromatic carbocycles. The highest BCUT2D eigenvalue weighted by molar-refractivity contribution is 7.10. The Bertz CT molecular complexity index is 345. The van der Waals surface area contributed by atoms with Crippen molar-refractivity contribution < 1.29 is 9.13 Å². The lowest BCUT2D eigenvalue weighted by atomic mass is 9.92. The summed E-state index contributed by atoms with van der Waals surface area (Å²) in [5, 5.41) is 5.21. The summed E-state index contributed by atoms with van der Waals surface area (Å²) in [6, 6.07) is 2.07. The molecule has 0 aliphatic carbocycles. The molecule has 1 aliphatic heterocycles. The lowest BCUT2D eigenvalue weighted by Gasteiger charge is -2.29. The van der Waals surface area contributed by atoms with Crippen LogP contribution in [0.15, 0.2) is 11.4 Å². The average Bonchev–Trinajstić information content (AvgIpc) is 2.66. The first-order chi connectivity index (χ1) is 7.58. The van der Waals surface area contributed by atoms with Crippen LogP contribution in [0.3, 0.4) is 0 Å². The Balaban J connectivity index is 2.01. The van der Waals surface area contributed by atoms with Crippen molar-refractivity contribution >= 4 is 11.3 Å². The lowest BCUT2D eigenvalue weighted by Crippen LogP contribution is -2.44. The first kappa shape index (κ1) is 12.0. The molecule has 0 bridgehead atoms. The van der Waals surface area contributed by atoms with Crippen molar-refractivity contribution in [2.45, 2.75) is 32.0 Å². The normalized spacial score (nSPS) is 25.3. The highest BCUT2D eigenvalue weighted by Gasteiger charge is 2.31. The fourth-order valence-corrected chi connectivity index (χ4v) is 2.87. The van der Waals surface area contributed by atoms with Gasteiger partial charge in [-0.1, -0.05) is 0 Å². The van der Waals surface area contributed by atoms with Crippen LogP contribution in [-0.2, 0) is 10.4 Å². The highest BCUT2D eigenvalue weighted by Crippen LogP contribution is 2.33. The molecule has 4 heteroatoms. The lowest BCUT2D eigenvalue weighted by molar-refractivity contribution is 0.0475. The number of halogens is 1. The molecule has 1 N–H and O–H groups in total. The number of nitrogens with one attached hydrogen (secondary N) is 1. The molecule has 1 fully saturated rings. The number of alkyl halides is 1. The van der Waals surface area contributed by atoms with E-state index in [9.17, 15) is 4.39 Å². The third-order valence-corrected chi connectivity index (χ3v) is 3.82. The number of hydrogen-bond acceptors (Lipinski definition) is 3. The van der Waals surface area contributed by atoms with Gasteiger partial charge in [0.15, 0.2) is 0 Å². The van der Waals surface area contributed by atoms with Crippen LogP contribution in [-0.4, -0.2) is 25.8 Å². The summed E-state index contributed by atoms with van der Waals surface area (Å²) in [7, 11) is 0. The summed E-state index contributed by atoms with van der Waals surface area (Å²) >= 11 is 1.60. The molecule has 1 aromatic heterocycles. The summed E-state index contributed by atoms with van der Waals surface area (Å²) in [5.74, 6) is 0. The number of thiophene rings is 1. The van der Waals surface area contributed by atoms with E-state index in [-0.39, 0.29) is 6.04 Å². The zero-order chi connectivity index (χ0) is 11.6. The topological polar surface area (TPSA) is 21.3 Å². The first-order valence-corrected chi connectivity index (χ1v) is 6.51. The maximum atomic E-state index is 14.5. The van der Waals surface area contributed by atoms with E-state index in [0.717, 1.165) is 23.6 Å². The van der Waals surface area contributed by atoms with Gasteiger partial charge in [-0.15, -0.1) is 11.3 Å². The van der Waals surface area contributed by atoms with Crippen molar-refractivity contribution in [3.05, 3.63) is 21.9 Å². The van der Waals surface area contributed by atoms with Crippen LogP contribution >= 0.6 is 11.3 Å². The maximum absolute atomic E-state index is 14.5. The predicted octanol–water partition coefficient (Wildman–Crippen LogP) is 2.62. The van der Waals surface area contributed by atoms with Crippen molar-refractivity contribution in [1.82, 2.24) is 5.32 Å². The Labute approximate surface area is 99.8 Å². The van der Waals surface area contributed by atoms with Gasteiger partial charge in [0, 0.05) is 23.9 Å². The Morgan fingerprint density at radius 2 is 2.50 bits per heavy atom. The molecule has 1 saturated heterocycles. The third-order valence-electron chi connectivity index (χ3n) is 2.96. The van der Waals surface area contributed by atoms with E-state index in [1.165, 1.54) is 0 Å².